The zero-order valence-corrected chi connectivity index (χ0v) is 20.2. The van der Waals surface area contributed by atoms with Gasteiger partial charge in [-0.25, -0.2) is 5.43 Å². The van der Waals surface area contributed by atoms with Crippen LogP contribution in [-0.2, 0) is 27.5 Å². The number of benzene rings is 3. The number of rotatable bonds is 10. The van der Waals surface area contributed by atoms with E-state index in [1.165, 1.54) is 13.3 Å². The van der Waals surface area contributed by atoms with Gasteiger partial charge in [-0.2, -0.15) is 5.10 Å². The molecular formula is C26H25ClN4O5. The van der Waals surface area contributed by atoms with Crippen LogP contribution in [0.25, 0.3) is 0 Å². The Kier molecular flexibility index (Phi) is 9.84. The van der Waals surface area contributed by atoms with E-state index in [9.17, 15) is 14.4 Å². The van der Waals surface area contributed by atoms with E-state index in [2.05, 4.69) is 21.2 Å². The quantitative estimate of drug-likeness (QED) is 0.221. The number of methoxy groups -OCH3 is 1. The number of ether oxygens (including phenoxy) is 2. The summed E-state index contributed by atoms with van der Waals surface area (Å²) in [5.74, 6) is -1.47. The molecule has 0 radical (unpaired) electrons. The number of para-hydroxylation sites is 1. The molecule has 186 valence electrons. The summed E-state index contributed by atoms with van der Waals surface area (Å²) >= 11 is 5.83. The molecule has 3 aromatic carbocycles. The lowest BCUT2D eigenvalue weighted by atomic mass is 10.2. The zero-order valence-electron chi connectivity index (χ0n) is 19.5. The lowest BCUT2D eigenvalue weighted by Gasteiger charge is -2.13. The van der Waals surface area contributed by atoms with Gasteiger partial charge in [-0.1, -0.05) is 60.1 Å². The maximum atomic E-state index is 12.2. The van der Waals surface area contributed by atoms with E-state index in [0.717, 1.165) is 11.1 Å². The topological polar surface area (TPSA) is 118 Å². The molecule has 0 atom stereocenters. The van der Waals surface area contributed by atoms with Crippen molar-refractivity contribution in [3.8, 4) is 11.5 Å². The minimum Gasteiger partial charge on any atom is -0.493 e. The van der Waals surface area contributed by atoms with Gasteiger partial charge in [-0.05, 0) is 35.4 Å². The molecular weight excluding hydrogens is 484 g/mol. The van der Waals surface area contributed by atoms with Crippen LogP contribution in [0.15, 0.2) is 77.9 Å². The number of hydrogen-bond acceptors (Lipinski definition) is 6. The summed E-state index contributed by atoms with van der Waals surface area (Å²) in [6, 6.07) is 21.4. The van der Waals surface area contributed by atoms with Crippen molar-refractivity contribution in [3.05, 3.63) is 94.5 Å². The highest BCUT2D eigenvalue weighted by molar-refractivity contribution is 6.35. The Bertz CT molecular complexity index is 1220. The molecule has 0 saturated heterocycles. The molecule has 3 aromatic rings. The van der Waals surface area contributed by atoms with Gasteiger partial charge in [0.05, 0.1) is 13.3 Å². The maximum Gasteiger partial charge on any atom is 0.329 e. The van der Waals surface area contributed by atoms with Crippen LogP contribution in [0.4, 0.5) is 0 Å². The summed E-state index contributed by atoms with van der Waals surface area (Å²) in [6.07, 6.45) is 1.30. The molecule has 3 amide bonds. The van der Waals surface area contributed by atoms with Crippen molar-refractivity contribution in [1.82, 2.24) is 16.1 Å². The van der Waals surface area contributed by atoms with Gasteiger partial charge < -0.3 is 20.1 Å². The number of hydrogen-bond donors (Lipinski definition) is 3. The first-order valence-electron chi connectivity index (χ1n) is 10.9. The first-order chi connectivity index (χ1) is 17.5. The number of carbonyl (C=O) groups is 3. The molecule has 10 heteroatoms. The predicted octanol–water partition coefficient (Wildman–Crippen LogP) is 2.81. The van der Waals surface area contributed by atoms with E-state index in [0.29, 0.717) is 22.9 Å². The fourth-order valence-electron chi connectivity index (χ4n) is 3.01. The molecule has 0 unspecified atom stereocenters. The van der Waals surface area contributed by atoms with Crippen molar-refractivity contribution < 1.29 is 23.9 Å². The standard InChI is InChI=1S/C26H25ClN4O5/c1-35-22-9-5-8-20(24(22)36-17-23(32)28-14-18-6-3-2-4-7-18)16-30-31-26(34)25(33)29-15-19-10-12-21(27)13-11-19/h2-13,16H,14-15,17H2,1H3,(H,28,32)(H,29,33)(H,31,34)/b30-16-. The highest BCUT2D eigenvalue weighted by Crippen LogP contribution is 2.30. The van der Waals surface area contributed by atoms with Crippen LogP contribution in [0, 0.1) is 0 Å². The summed E-state index contributed by atoms with van der Waals surface area (Å²) in [5.41, 5.74) is 4.35. The Hall–Kier alpha value is -4.37. The average molecular weight is 509 g/mol. The fraction of sp³-hybridized carbons (Fsp3) is 0.154. The Balaban J connectivity index is 1.53. The Morgan fingerprint density at radius 1 is 0.861 bits per heavy atom. The number of amides is 3. The van der Waals surface area contributed by atoms with Crippen LogP contribution in [0.3, 0.4) is 0 Å². The second-order valence-corrected chi connectivity index (χ2v) is 7.87. The van der Waals surface area contributed by atoms with Crippen molar-refractivity contribution >= 4 is 35.5 Å². The minimum absolute atomic E-state index is 0.160. The summed E-state index contributed by atoms with van der Waals surface area (Å²) in [6.45, 7) is 0.274. The van der Waals surface area contributed by atoms with E-state index in [1.807, 2.05) is 30.3 Å². The van der Waals surface area contributed by atoms with E-state index in [1.54, 1.807) is 42.5 Å². The van der Waals surface area contributed by atoms with Gasteiger partial charge in [0.15, 0.2) is 18.1 Å². The third-order valence-corrected chi connectivity index (χ3v) is 5.10. The molecule has 0 saturated carbocycles. The van der Waals surface area contributed by atoms with Crippen molar-refractivity contribution in [2.24, 2.45) is 5.10 Å². The third kappa shape index (κ3) is 8.14. The van der Waals surface area contributed by atoms with Gasteiger partial charge in [0.25, 0.3) is 5.91 Å². The first kappa shape index (κ1) is 26.2. The highest BCUT2D eigenvalue weighted by atomic mass is 35.5. The summed E-state index contributed by atoms with van der Waals surface area (Å²) in [7, 11) is 1.46. The average Bonchev–Trinajstić information content (AvgIpc) is 2.90. The molecule has 0 spiro atoms. The van der Waals surface area contributed by atoms with Crippen molar-refractivity contribution in [1.29, 1.82) is 0 Å². The Labute approximate surface area is 213 Å². The van der Waals surface area contributed by atoms with Gasteiger partial charge in [-0.3, -0.25) is 14.4 Å². The number of carbonyl (C=O) groups excluding carboxylic acids is 3. The van der Waals surface area contributed by atoms with Crippen molar-refractivity contribution in [2.75, 3.05) is 13.7 Å². The van der Waals surface area contributed by atoms with Gasteiger partial charge >= 0.3 is 11.8 Å². The second kappa shape index (κ2) is 13.5. The molecule has 0 fully saturated rings. The highest BCUT2D eigenvalue weighted by Gasteiger charge is 2.14. The van der Waals surface area contributed by atoms with E-state index < -0.39 is 11.8 Å². The third-order valence-electron chi connectivity index (χ3n) is 4.85. The monoisotopic (exact) mass is 508 g/mol. The summed E-state index contributed by atoms with van der Waals surface area (Å²) < 4.78 is 11.0. The van der Waals surface area contributed by atoms with Crippen LogP contribution < -0.4 is 25.5 Å². The molecule has 0 aliphatic heterocycles. The molecule has 0 bridgehead atoms. The van der Waals surface area contributed by atoms with E-state index in [4.69, 9.17) is 21.1 Å². The van der Waals surface area contributed by atoms with Crippen LogP contribution in [0.1, 0.15) is 16.7 Å². The second-order valence-electron chi connectivity index (χ2n) is 7.44. The van der Waals surface area contributed by atoms with Gasteiger partial charge in [-0.15, -0.1) is 0 Å². The maximum absolute atomic E-state index is 12.2. The van der Waals surface area contributed by atoms with Crippen LogP contribution in [0.2, 0.25) is 5.02 Å². The number of nitrogens with zero attached hydrogens (tertiary/aromatic N) is 1. The van der Waals surface area contributed by atoms with Crippen LogP contribution >= 0.6 is 11.6 Å². The summed E-state index contributed by atoms with van der Waals surface area (Å²) in [4.78, 5) is 36.3. The largest absolute Gasteiger partial charge is 0.493 e. The first-order valence-corrected chi connectivity index (χ1v) is 11.3. The minimum atomic E-state index is -0.939. The number of nitrogens with one attached hydrogen (secondary N) is 3. The molecule has 0 heterocycles. The Morgan fingerprint density at radius 3 is 2.28 bits per heavy atom. The smallest absolute Gasteiger partial charge is 0.329 e. The SMILES string of the molecule is COc1cccc(/C=N\NC(=O)C(=O)NCc2ccc(Cl)cc2)c1OCC(=O)NCc1ccccc1. The number of hydrazone groups is 1. The van der Waals surface area contributed by atoms with Gasteiger partial charge in [0.1, 0.15) is 0 Å². The zero-order chi connectivity index (χ0) is 25.8. The van der Waals surface area contributed by atoms with Gasteiger partial charge in [0.2, 0.25) is 0 Å². The molecule has 0 aromatic heterocycles. The Morgan fingerprint density at radius 2 is 1.56 bits per heavy atom. The van der Waals surface area contributed by atoms with Crippen LogP contribution in [-0.4, -0.2) is 37.7 Å². The lowest BCUT2D eigenvalue weighted by molar-refractivity contribution is -0.139. The molecule has 0 aliphatic rings. The van der Waals surface area contributed by atoms with Gasteiger partial charge in [0, 0.05) is 23.7 Å². The van der Waals surface area contributed by atoms with Crippen LogP contribution in [0.5, 0.6) is 11.5 Å². The van der Waals surface area contributed by atoms with E-state index in [-0.39, 0.29) is 24.8 Å². The molecule has 3 N–H and O–H groups in total. The molecule has 3 rings (SSSR count). The van der Waals surface area contributed by atoms with Crippen molar-refractivity contribution in [3.63, 3.8) is 0 Å². The van der Waals surface area contributed by atoms with E-state index >= 15 is 0 Å². The molecule has 9 nitrogen and oxygen atoms in total. The molecule has 0 aliphatic carbocycles. The lowest BCUT2D eigenvalue weighted by Crippen LogP contribution is -2.37. The summed E-state index contributed by atoms with van der Waals surface area (Å²) in [5, 5.41) is 9.68. The number of halogens is 1. The molecule has 36 heavy (non-hydrogen) atoms. The normalized spacial score (nSPS) is 10.5. The predicted molar refractivity (Wildman–Crippen MR) is 136 cm³/mol. The fourth-order valence-corrected chi connectivity index (χ4v) is 3.14. The van der Waals surface area contributed by atoms with Crippen molar-refractivity contribution in [2.45, 2.75) is 13.1 Å².